The zero-order valence-electron chi connectivity index (χ0n) is 9.03. The summed E-state index contributed by atoms with van der Waals surface area (Å²) in [6.07, 6.45) is 2.25. The molecule has 0 radical (unpaired) electrons. The molecular formula is C10H18N2O3. The minimum Gasteiger partial charge on any atom is -0.480 e. The van der Waals surface area contributed by atoms with E-state index in [1.54, 1.807) is 0 Å². The Labute approximate surface area is 89.4 Å². The summed E-state index contributed by atoms with van der Waals surface area (Å²) in [5.74, 6) is -0.741. The van der Waals surface area contributed by atoms with Crippen LogP contribution < -0.4 is 5.32 Å². The maximum absolute atomic E-state index is 11.3. The number of likely N-dealkylation sites (tertiary alicyclic amines) is 1. The summed E-state index contributed by atoms with van der Waals surface area (Å²) in [7, 11) is 0. The van der Waals surface area contributed by atoms with Crippen LogP contribution in [0.4, 0.5) is 0 Å². The summed E-state index contributed by atoms with van der Waals surface area (Å²) in [6, 6.07) is 0.128. The maximum atomic E-state index is 11.3. The van der Waals surface area contributed by atoms with Crippen molar-refractivity contribution in [1.82, 2.24) is 10.2 Å². The second kappa shape index (κ2) is 5.70. The Morgan fingerprint density at radius 1 is 1.53 bits per heavy atom. The van der Waals surface area contributed by atoms with Gasteiger partial charge in [0.25, 0.3) is 0 Å². The van der Waals surface area contributed by atoms with Crippen molar-refractivity contribution in [2.45, 2.75) is 32.2 Å². The number of carbonyl (C=O) groups is 2. The number of amides is 1. The lowest BCUT2D eigenvalue weighted by atomic mass is 10.2. The van der Waals surface area contributed by atoms with Gasteiger partial charge in [-0.15, -0.1) is 0 Å². The van der Waals surface area contributed by atoms with Crippen LogP contribution in [-0.2, 0) is 9.59 Å². The molecule has 1 atom stereocenters. The van der Waals surface area contributed by atoms with Crippen LogP contribution >= 0.6 is 0 Å². The lowest BCUT2D eigenvalue weighted by molar-refractivity contribution is -0.138. The van der Waals surface area contributed by atoms with Gasteiger partial charge in [0, 0.05) is 25.6 Å². The van der Waals surface area contributed by atoms with Crippen molar-refractivity contribution in [3.05, 3.63) is 0 Å². The maximum Gasteiger partial charge on any atom is 0.317 e. The number of carbonyl (C=O) groups excluding carboxylic acids is 1. The Bertz CT molecular complexity index is 243. The number of nitrogens with one attached hydrogen (secondary N) is 1. The fourth-order valence-corrected chi connectivity index (χ4v) is 1.81. The largest absolute Gasteiger partial charge is 0.480 e. The van der Waals surface area contributed by atoms with Gasteiger partial charge in [0.05, 0.1) is 6.54 Å². The minimum atomic E-state index is -0.810. The van der Waals surface area contributed by atoms with E-state index in [1.165, 1.54) is 0 Å². The summed E-state index contributed by atoms with van der Waals surface area (Å²) < 4.78 is 0. The number of nitrogens with zero attached hydrogens (tertiary/aromatic N) is 1. The third-order valence-corrected chi connectivity index (χ3v) is 2.47. The van der Waals surface area contributed by atoms with E-state index in [0.29, 0.717) is 13.0 Å². The molecule has 1 aliphatic heterocycles. The van der Waals surface area contributed by atoms with E-state index >= 15 is 0 Å². The normalized spacial score (nSPS) is 21.5. The van der Waals surface area contributed by atoms with Crippen LogP contribution in [0.15, 0.2) is 0 Å². The van der Waals surface area contributed by atoms with E-state index in [9.17, 15) is 9.59 Å². The molecule has 1 saturated heterocycles. The van der Waals surface area contributed by atoms with Crippen LogP contribution in [0.1, 0.15) is 26.2 Å². The fraction of sp³-hybridized carbons (Fsp3) is 0.800. The number of hydrogen-bond acceptors (Lipinski definition) is 3. The van der Waals surface area contributed by atoms with Crippen LogP contribution in [0, 0.1) is 0 Å². The highest BCUT2D eigenvalue weighted by Gasteiger charge is 2.24. The Balaban J connectivity index is 2.24. The first-order chi connectivity index (χ1) is 7.11. The van der Waals surface area contributed by atoms with Crippen molar-refractivity contribution in [2.75, 3.05) is 19.6 Å². The lowest BCUT2D eigenvalue weighted by Gasteiger charge is -2.14. The smallest absolute Gasteiger partial charge is 0.317 e. The minimum absolute atomic E-state index is 0.0691. The molecule has 1 heterocycles. The van der Waals surface area contributed by atoms with E-state index in [1.807, 2.05) is 11.8 Å². The van der Waals surface area contributed by atoms with Crippen molar-refractivity contribution in [1.29, 1.82) is 0 Å². The van der Waals surface area contributed by atoms with Gasteiger partial charge in [0.1, 0.15) is 0 Å². The fourth-order valence-electron chi connectivity index (χ4n) is 1.81. The van der Waals surface area contributed by atoms with Crippen molar-refractivity contribution in [3.63, 3.8) is 0 Å². The highest BCUT2D eigenvalue weighted by atomic mass is 16.4. The van der Waals surface area contributed by atoms with E-state index in [0.717, 1.165) is 19.4 Å². The van der Waals surface area contributed by atoms with Crippen molar-refractivity contribution in [2.24, 2.45) is 0 Å². The Kier molecular flexibility index (Phi) is 4.55. The topological polar surface area (TPSA) is 69.6 Å². The van der Waals surface area contributed by atoms with Crippen molar-refractivity contribution >= 4 is 11.9 Å². The average Bonchev–Trinajstić information content (AvgIpc) is 2.51. The van der Waals surface area contributed by atoms with E-state index < -0.39 is 5.97 Å². The van der Waals surface area contributed by atoms with Crippen LogP contribution in [-0.4, -0.2) is 47.6 Å². The third-order valence-electron chi connectivity index (χ3n) is 2.47. The van der Waals surface area contributed by atoms with Gasteiger partial charge in [-0.25, -0.2) is 0 Å². The molecule has 0 spiro atoms. The third kappa shape index (κ3) is 4.29. The summed E-state index contributed by atoms with van der Waals surface area (Å²) >= 11 is 0. The quantitative estimate of drug-likeness (QED) is 0.679. The SMILES string of the molecule is CCCC(=O)N[C@H]1CCN(CC(=O)O)C1. The van der Waals surface area contributed by atoms with Crippen LogP contribution in [0.2, 0.25) is 0 Å². The van der Waals surface area contributed by atoms with Gasteiger partial charge >= 0.3 is 5.97 Å². The highest BCUT2D eigenvalue weighted by Crippen LogP contribution is 2.08. The first-order valence-electron chi connectivity index (χ1n) is 5.35. The Morgan fingerprint density at radius 2 is 2.27 bits per heavy atom. The molecule has 2 N–H and O–H groups in total. The second-order valence-corrected chi connectivity index (χ2v) is 3.93. The van der Waals surface area contributed by atoms with Crippen LogP contribution in [0.5, 0.6) is 0 Å². The van der Waals surface area contributed by atoms with E-state index in [2.05, 4.69) is 5.32 Å². The molecule has 0 bridgehead atoms. The molecule has 0 aliphatic carbocycles. The molecule has 0 aromatic heterocycles. The molecule has 1 amide bonds. The molecule has 0 unspecified atom stereocenters. The second-order valence-electron chi connectivity index (χ2n) is 3.93. The van der Waals surface area contributed by atoms with Crippen molar-refractivity contribution in [3.8, 4) is 0 Å². The zero-order valence-corrected chi connectivity index (χ0v) is 9.03. The summed E-state index contributed by atoms with van der Waals surface area (Å²) in [5.41, 5.74) is 0. The summed E-state index contributed by atoms with van der Waals surface area (Å²) in [6.45, 7) is 3.44. The van der Waals surface area contributed by atoms with Gasteiger partial charge in [0.15, 0.2) is 0 Å². The summed E-state index contributed by atoms with van der Waals surface area (Å²) in [5, 5.41) is 11.5. The lowest BCUT2D eigenvalue weighted by Crippen LogP contribution is -2.37. The highest BCUT2D eigenvalue weighted by molar-refractivity contribution is 5.76. The first kappa shape index (κ1) is 12.0. The number of aliphatic carboxylic acids is 1. The zero-order chi connectivity index (χ0) is 11.3. The molecule has 86 valence electrons. The molecule has 0 aromatic carbocycles. The van der Waals surface area contributed by atoms with Gasteiger partial charge in [-0.05, 0) is 12.8 Å². The number of carboxylic acid groups (broad SMARTS) is 1. The number of rotatable bonds is 5. The molecule has 5 nitrogen and oxygen atoms in total. The van der Waals surface area contributed by atoms with Crippen LogP contribution in [0.3, 0.4) is 0 Å². The van der Waals surface area contributed by atoms with Gasteiger partial charge < -0.3 is 10.4 Å². The van der Waals surface area contributed by atoms with Gasteiger partial charge in [0.2, 0.25) is 5.91 Å². The molecule has 5 heteroatoms. The standard InChI is InChI=1S/C10H18N2O3/c1-2-3-9(13)11-8-4-5-12(6-8)7-10(14)15/h8H,2-7H2,1H3,(H,11,13)(H,14,15)/t8-/m0/s1. The van der Waals surface area contributed by atoms with Gasteiger partial charge in [-0.2, -0.15) is 0 Å². The van der Waals surface area contributed by atoms with Gasteiger partial charge in [-0.3, -0.25) is 14.5 Å². The molecular weight excluding hydrogens is 196 g/mol. The average molecular weight is 214 g/mol. The summed E-state index contributed by atoms with van der Waals surface area (Å²) in [4.78, 5) is 23.6. The van der Waals surface area contributed by atoms with Crippen molar-refractivity contribution < 1.29 is 14.7 Å². The predicted octanol–water partition coefficient (Wildman–Crippen LogP) is 0.0616. The molecule has 1 fully saturated rings. The van der Waals surface area contributed by atoms with Crippen LogP contribution in [0.25, 0.3) is 0 Å². The number of carboxylic acids is 1. The molecule has 0 saturated carbocycles. The van der Waals surface area contributed by atoms with E-state index in [-0.39, 0.29) is 18.5 Å². The molecule has 1 rings (SSSR count). The Hall–Kier alpha value is -1.10. The first-order valence-corrected chi connectivity index (χ1v) is 5.35. The molecule has 15 heavy (non-hydrogen) atoms. The molecule has 1 aliphatic rings. The number of hydrogen-bond donors (Lipinski definition) is 2. The predicted molar refractivity (Wildman–Crippen MR) is 55.5 cm³/mol. The van der Waals surface area contributed by atoms with E-state index in [4.69, 9.17) is 5.11 Å². The monoisotopic (exact) mass is 214 g/mol. The Morgan fingerprint density at radius 3 is 2.87 bits per heavy atom. The molecule has 0 aromatic rings. The van der Waals surface area contributed by atoms with Gasteiger partial charge in [-0.1, -0.05) is 6.92 Å².